The molecule has 0 bridgehead atoms. The fraction of sp³-hybridized carbons (Fsp3) is 1.00. The molecule has 2 fully saturated rings. The maximum absolute atomic E-state index is 6.18. The summed E-state index contributed by atoms with van der Waals surface area (Å²) in [6.45, 7) is 11.8. The van der Waals surface area contributed by atoms with E-state index in [9.17, 15) is 0 Å². The van der Waals surface area contributed by atoms with Crippen LogP contribution in [0.5, 0.6) is 0 Å². The predicted octanol–water partition coefficient (Wildman–Crippen LogP) is 2.74. The molecule has 2 aliphatic rings. The lowest BCUT2D eigenvalue weighted by molar-refractivity contribution is -0.0462. The topological polar surface area (TPSA) is 30.5 Å². The second kappa shape index (κ2) is 5.48. The quantitative estimate of drug-likeness (QED) is 0.819. The van der Waals surface area contributed by atoms with E-state index in [-0.39, 0.29) is 11.0 Å². The summed E-state index contributed by atoms with van der Waals surface area (Å²) < 4.78 is 12.0. The van der Waals surface area contributed by atoms with Gasteiger partial charge in [-0.3, -0.25) is 0 Å². The van der Waals surface area contributed by atoms with Gasteiger partial charge in [-0.2, -0.15) is 0 Å². The van der Waals surface area contributed by atoms with Crippen LogP contribution >= 0.6 is 0 Å². The second-order valence-corrected chi connectivity index (χ2v) is 6.65. The molecule has 3 atom stereocenters. The van der Waals surface area contributed by atoms with Gasteiger partial charge in [0.25, 0.3) is 0 Å². The molecule has 3 nitrogen and oxygen atoms in total. The van der Waals surface area contributed by atoms with Crippen molar-refractivity contribution in [3.63, 3.8) is 0 Å². The third kappa shape index (κ3) is 3.06. The zero-order valence-corrected chi connectivity index (χ0v) is 12.4. The van der Waals surface area contributed by atoms with Crippen LogP contribution in [-0.4, -0.2) is 37.5 Å². The molecule has 0 aromatic carbocycles. The number of ether oxygens (including phenoxy) is 2. The summed E-state index contributed by atoms with van der Waals surface area (Å²) in [7, 11) is 0. The van der Waals surface area contributed by atoms with Crippen LogP contribution in [-0.2, 0) is 9.47 Å². The van der Waals surface area contributed by atoms with E-state index in [1.54, 1.807) is 0 Å². The first-order valence-electron chi connectivity index (χ1n) is 7.48. The molecule has 0 spiro atoms. The number of hydrogen-bond acceptors (Lipinski definition) is 3. The SMILES string of the molecule is CCNCC1(CC2CCC(C)(C)O2)CCOC1C. The van der Waals surface area contributed by atoms with Crippen molar-refractivity contribution in [2.45, 2.75) is 71.2 Å². The Hall–Kier alpha value is -0.120. The summed E-state index contributed by atoms with van der Waals surface area (Å²) in [6, 6.07) is 0. The zero-order valence-electron chi connectivity index (χ0n) is 12.4. The van der Waals surface area contributed by atoms with Crippen molar-refractivity contribution in [2.24, 2.45) is 5.41 Å². The highest BCUT2D eigenvalue weighted by atomic mass is 16.5. The van der Waals surface area contributed by atoms with Gasteiger partial charge in [0.1, 0.15) is 0 Å². The Labute approximate surface area is 112 Å². The van der Waals surface area contributed by atoms with Crippen molar-refractivity contribution in [2.75, 3.05) is 19.7 Å². The summed E-state index contributed by atoms with van der Waals surface area (Å²) >= 11 is 0. The summed E-state index contributed by atoms with van der Waals surface area (Å²) in [5.41, 5.74) is 0.355. The fourth-order valence-electron chi connectivity index (χ4n) is 3.44. The lowest BCUT2D eigenvalue weighted by Crippen LogP contribution is -2.42. The van der Waals surface area contributed by atoms with Gasteiger partial charge in [0, 0.05) is 18.6 Å². The van der Waals surface area contributed by atoms with Crippen molar-refractivity contribution < 1.29 is 9.47 Å². The molecule has 3 unspecified atom stereocenters. The zero-order chi connectivity index (χ0) is 13.2. The Morgan fingerprint density at radius 3 is 2.56 bits per heavy atom. The molecule has 2 aliphatic heterocycles. The maximum atomic E-state index is 6.18. The smallest absolute Gasteiger partial charge is 0.0631 e. The molecular weight excluding hydrogens is 226 g/mol. The number of hydrogen-bond donors (Lipinski definition) is 1. The van der Waals surface area contributed by atoms with E-state index in [0.29, 0.717) is 12.2 Å². The van der Waals surface area contributed by atoms with Crippen LogP contribution in [0.1, 0.15) is 53.4 Å². The third-order valence-corrected chi connectivity index (χ3v) is 4.75. The second-order valence-electron chi connectivity index (χ2n) is 6.65. The fourth-order valence-corrected chi connectivity index (χ4v) is 3.44. The van der Waals surface area contributed by atoms with Crippen LogP contribution in [0.2, 0.25) is 0 Å². The van der Waals surface area contributed by atoms with Crippen LogP contribution in [0.15, 0.2) is 0 Å². The van der Waals surface area contributed by atoms with Gasteiger partial charge in [-0.15, -0.1) is 0 Å². The molecular formula is C15H29NO2. The highest BCUT2D eigenvalue weighted by Crippen LogP contribution is 2.43. The van der Waals surface area contributed by atoms with Gasteiger partial charge in [-0.1, -0.05) is 6.92 Å². The van der Waals surface area contributed by atoms with E-state index in [0.717, 1.165) is 26.1 Å². The van der Waals surface area contributed by atoms with Gasteiger partial charge in [-0.25, -0.2) is 0 Å². The first-order valence-corrected chi connectivity index (χ1v) is 7.48. The van der Waals surface area contributed by atoms with E-state index >= 15 is 0 Å². The van der Waals surface area contributed by atoms with Gasteiger partial charge in [0.05, 0.1) is 17.8 Å². The normalized spacial score (nSPS) is 39.3. The van der Waals surface area contributed by atoms with Gasteiger partial charge in [0.2, 0.25) is 0 Å². The van der Waals surface area contributed by atoms with E-state index in [4.69, 9.17) is 9.47 Å². The lowest BCUT2D eigenvalue weighted by atomic mass is 9.76. The standard InChI is InChI=1S/C15H29NO2/c1-5-16-11-15(8-9-17-12(15)2)10-13-6-7-14(3,4)18-13/h12-13,16H,5-11H2,1-4H3. The molecule has 1 N–H and O–H groups in total. The number of rotatable bonds is 5. The van der Waals surface area contributed by atoms with Gasteiger partial charge in [0.15, 0.2) is 0 Å². The van der Waals surface area contributed by atoms with Crippen LogP contribution < -0.4 is 5.32 Å². The Bertz CT molecular complexity index is 280. The Kier molecular flexibility index (Phi) is 4.35. The summed E-state index contributed by atoms with van der Waals surface area (Å²) in [5, 5.41) is 3.52. The summed E-state index contributed by atoms with van der Waals surface area (Å²) in [6.07, 6.45) is 5.47. The van der Waals surface area contributed by atoms with Crippen molar-refractivity contribution in [3.05, 3.63) is 0 Å². The molecule has 0 amide bonds. The molecule has 0 aromatic heterocycles. The van der Waals surface area contributed by atoms with Crippen LogP contribution in [0, 0.1) is 5.41 Å². The first-order chi connectivity index (χ1) is 8.47. The van der Waals surface area contributed by atoms with Crippen LogP contribution in [0.3, 0.4) is 0 Å². The third-order valence-electron chi connectivity index (χ3n) is 4.75. The van der Waals surface area contributed by atoms with Crippen molar-refractivity contribution in [1.29, 1.82) is 0 Å². The van der Waals surface area contributed by atoms with Crippen LogP contribution in [0.4, 0.5) is 0 Å². The molecule has 3 heteroatoms. The van der Waals surface area contributed by atoms with E-state index in [1.807, 2.05) is 0 Å². The minimum atomic E-state index is 0.0761. The van der Waals surface area contributed by atoms with Gasteiger partial charge < -0.3 is 14.8 Å². The van der Waals surface area contributed by atoms with Crippen LogP contribution in [0.25, 0.3) is 0 Å². The van der Waals surface area contributed by atoms with Gasteiger partial charge >= 0.3 is 0 Å². The average Bonchev–Trinajstić information content (AvgIpc) is 2.81. The van der Waals surface area contributed by atoms with E-state index < -0.39 is 0 Å². The highest BCUT2D eigenvalue weighted by molar-refractivity contribution is 4.95. The molecule has 0 aromatic rings. The summed E-state index contributed by atoms with van der Waals surface area (Å²) in [4.78, 5) is 0. The van der Waals surface area contributed by atoms with Crippen molar-refractivity contribution >= 4 is 0 Å². The Balaban J connectivity index is 1.98. The minimum Gasteiger partial charge on any atom is -0.378 e. The van der Waals surface area contributed by atoms with Crippen molar-refractivity contribution in [3.8, 4) is 0 Å². The molecule has 0 radical (unpaired) electrons. The maximum Gasteiger partial charge on any atom is 0.0631 e. The molecule has 2 heterocycles. The number of nitrogens with one attached hydrogen (secondary N) is 1. The molecule has 18 heavy (non-hydrogen) atoms. The molecule has 2 saturated heterocycles. The lowest BCUT2D eigenvalue weighted by Gasteiger charge is -2.35. The monoisotopic (exact) mass is 255 g/mol. The predicted molar refractivity (Wildman–Crippen MR) is 73.8 cm³/mol. The Morgan fingerprint density at radius 1 is 1.28 bits per heavy atom. The van der Waals surface area contributed by atoms with E-state index in [1.165, 1.54) is 19.3 Å². The van der Waals surface area contributed by atoms with Crippen molar-refractivity contribution in [1.82, 2.24) is 5.32 Å². The largest absolute Gasteiger partial charge is 0.378 e. The average molecular weight is 255 g/mol. The molecule has 106 valence electrons. The van der Waals surface area contributed by atoms with E-state index in [2.05, 4.69) is 33.0 Å². The molecule has 0 aliphatic carbocycles. The van der Waals surface area contributed by atoms with Gasteiger partial charge in [-0.05, 0) is 53.0 Å². The Morgan fingerprint density at radius 2 is 2.06 bits per heavy atom. The molecule has 2 rings (SSSR count). The highest BCUT2D eigenvalue weighted by Gasteiger charge is 2.45. The summed E-state index contributed by atoms with van der Waals surface area (Å²) in [5.74, 6) is 0. The minimum absolute atomic E-state index is 0.0761. The first kappa shape index (κ1) is 14.3. The molecule has 0 saturated carbocycles.